The summed E-state index contributed by atoms with van der Waals surface area (Å²) in [6.45, 7) is 3.77. The molecular formula is C22H29N9O2. The number of fused-ring (bicyclic) bond motifs is 1. The number of hydrogen-bond acceptors (Lipinski definition) is 9. The maximum Gasteiger partial charge on any atom is 0.411 e. The molecule has 11 heteroatoms. The minimum Gasteiger partial charge on any atom is -0.453 e. The Morgan fingerprint density at radius 2 is 1.94 bits per heavy atom. The molecule has 0 radical (unpaired) electrons. The number of nitrogen functional groups attached to an aromatic ring is 1. The van der Waals surface area contributed by atoms with E-state index in [4.69, 9.17) is 10.5 Å². The van der Waals surface area contributed by atoms with Crippen LogP contribution in [0, 0.1) is 0 Å². The summed E-state index contributed by atoms with van der Waals surface area (Å²) in [5.41, 5.74) is 10.2. The molecule has 3 heterocycles. The third-order valence-electron chi connectivity index (χ3n) is 5.97. The summed E-state index contributed by atoms with van der Waals surface area (Å²) in [4.78, 5) is 20.8. The molecule has 1 saturated carbocycles. The Morgan fingerprint density at radius 3 is 2.67 bits per heavy atom. The molecule has 174 valence electrons. The number of amides is 1. The molecule has 1 aliphatic carbocycles. The van der Waals surface area contributed by atoms with Crippen molar-refractivity contribution in [3.05, 3.63) is 30.5 Å². The Morgan fingerprint density at radius 1 is 1.15 bits per heavy atom. The van der Waals surface area contributed by atoms with E-state index in [1.54, 1.807) is 10.7 Å². The first-order valence-corrected chi connectivity index (χ1v) is 11.1. The lowest BCUT2D eigenvalue weighted by Crippen LogP contribution is -2.44. The fraction of sp³-hybridized carbons (Fsp3) is 0.409. The minimum atomic E-state index is -0.519. The molecule has 0 bridgehead atoms. The summed E-state index contributed by atoms with van der Waals surface area (Å²) in [6, 6.07) is 8.18. The Hall–Kier alpha value is -3.73. The van der Waals surface area contributed by atoms with Gasteiger partial charge in [-0.3, -0.25) is 5.32 Å². The van der Waals surface area contributed by atoms with Gasteiger partial charge in [0.25, 0.3) is 0 Å². The van der Waals surface area contributed by atoms with Crippen molar-refractivity contribution in [2.75, 3.05) is 66.9 Å². The third-order valence-corrected chi connectivity index (χ3v) is 5.97. The second kappa shape index (κ2) is 8.66. The van der Waals surface area contributed by atoms with E-state index in [0.717, 1.165) is 56.1 Å². The number of hydrogen-bond donors (Lipinski definition) is 4. The van der Waals surface area contributed by atoms with E-state index in [-0.39, 0.29) is 0 Å². The van der Waals surface area contributed by atoms with Crippen molar-refractivity contribution in [1.82, 2.24) is 19.5 Å². The topological polar surface area (TPSA) is 125 Å². The monoisotopic (exact) mass is 451 g/mol. The van der Waals surface area contributed by atoms with Gasteiger partial charge in [-0.25, -0.2) is 9.78 Å². The molecule has 3 aromatic rings. The number of ether oxygens (including phenoxy) is 1. The molecular weight excluding hydrogens is 422 g/mol. The number of imidazole rings is 1. The summed E-state index contributed by atoms with van der Waals surface area (Å²) in [6.07, 6.45) is 3.38. The van der Waals surface area contributed by atoms with Crippen LogP contribution in [0.15, 0.2) is 30.5 Å². The maximum absolute atomic E-state index is 11.8. The summed E-state index contributed by atoms with van der Waals surface area (Å²) in [5.74, 6) is 1.09. The zero-order valence-corrected chi connectivity index (χ0v) is 18.8. The lowest BCUT2D eigenvalue weighted by molar-refractivity contribution is 0.187. The lowest BCUT2D eigenvalue weighted by atomic mass is 10.2. The molecule has 1 saturated heterocycles. The van der Waals surface area contributed by atoms with E-state index >= 15 is 0 Å². The fourth-order valence-electron chi connectivity index (χ4n) is 3.94. The molecule has 1 aliphatic heterocycles. The Balaban J connectivity index is 1.51. The number of anilines is 6. The second-order valence-corrected chi connectivity index (χ2v) is 8.54. The average molecular weight is 452 g/mol. The number of likely N-dealkylation sites (N-methyl/N-ethyl adjacent to an activating group) is 1. The number of aromatic nitrogens is 3. The maximum atomic E-state index is 11.8. The van der Waals surface area contributed by atoms with Crippen molar-refractivity contribution in [3.8, 4) is 0 Å². The smallest absolute Gasteiger partial charge is 0.411 e. The van der Waals surface area contributed by atoms with E-state index in [9.17, 15) is 4.79 Å². The summed E-state index contributed by atoms with van der Waals surface area (Å²) in [7, 11) is 3.47. The molecule has 5 N–H and O–H groups in total. The normalized spacial score (nSPS) is 16.6. The molecule has 1 amide bonds. The first kappa shape index (κ1) is 21.1. The summed E-state index contributed by atoms with van der Waals surface area (Å²) < 4.78 is 6.39. The molecule has 11 nitrogen and oxygen atoms in total. The van der Waals surface area contributed by atoms with Crippen molar-refractivity contribution in [2.45, 2.75) is 18.9 Å². The third kappa shape index (κ3) is 4.58. The average Bonchev–Trinajstić information content (AvgIpc) is 3.55. The first-order chi connectivity index (χ1) is 16.0. The van der Waals surface area contributed by atoms with E-state index < -0.39 is 6.09 Å². The Labute approximate surface area is 191 Å². The summed E-state index contributed by atoms with van der Waals surface area (Å²) in [5, 5.41) is 14.4. The fourth-order valence-corrected chi connectivity index (χ4v) is 3.94. The highest BCUT2D eigenvalue weighted by atomic mass is 16.5. The zero-order valence-electron chi connectivity index (χ0n) is 18.8. The number of nitrogens with two attached hydrogens (primary N) is 1. The number of rotatable bonds is 6. The predicted molar refractivity (Wildman–Crippen MR) is 130 cm³/mol. The molecule has 0 spiro atoms. The van der Waals surface area contributed by atoms with Crippen LogP contribution >= 0.6 is 0 Å². The number of carbonyl (C=O) groups excluding carboxylic acids is 1. The van der Waals surface area contributed by atoms with Gasteiger partial charge in [-0.05, 0) is 38.1 Å². The van der Waals surface area contributed by atoms with Gasteiger partial charge in [0.15, 0.2) is 11.5 Å². The lowest BCUT2D eigenvalue weighted by Gasteiger charge is -2.35. The molecule has 5 rings (SSSR count). The number of benzene rings is 1. The highest BCUT2D eigenvalue weighted by molar-refractivity contribution is 5.88. The van der Waals surface area contributed by atoms with Gasteiger partial charge in [-0.2, -0.15) is 4.52 Å². The van der Waals surface area contributed by atoms with E-state index in [0.29, 0.717) is 29.0 Å². The van der Waals surface area contributed by atoms with Crippen molar-refractivity contribution in [3.63, 3.8) is 0 Å². The number of nitrogens with zero attached hydrogens (tertiary/aromatic N) is 5. The van der Waals surface area contributed by atoms with Crippen LogP contribution < -0.4 is 26.6 Å². The van der Waals surface area contributed by atoms with Crippen LogP contribution in [0.25, 0.3) is 5.65 Å². The molecule has 33 heavy (non-hydrogen) atoms. The highest BCUT2D eigenvalue weighted by Gasteiger charge is 2.24. The van der Waals surface area contributed by atoms with E-state index in [1.807, 2.05) is 24.3 Å². The quantitative estimate of drug-likeness (QED) is 0.447. The first-order valence-electron chi connectivity index (χ1n) is 11.1. The van der Waals surface area contributed by atoms with Crippen molar-refractivity contribution < 1.29 is 9.53 Å². The van der Waals surface area contributed by atoms with Crippen LogP contribution in [0.4, 0.5) is 39.2 Å². The standard InChI is InChI=1S/C22H29N9O2/c1-29-7-9-30(10-8-29)18-6-5-15(26-22(32)33-2)11-16(18)27-20-12-17(25-14-3-4-14)21-24-13-19(23)31(21)28-20/h5-6,11-14,25H,3-4,7-10,23H2,1-2H3,(H,26,32)(H,27,28). The van der Waals surface area contributed by atoms with Gasteiger partial charge >= 0.3 is 6.09 Å². The minimum absolute atomic E-state index is 0.454. The van der Waals surface area contributed by atoms with Crippen LogP contribution in [0.2, 0.25) is 0 Å². The number of carbonyl (C=O) groups is 1. The van der Waals surface area contributed by atoms with E-state index in [2.05, 4.69) is 42.9 Å². The Bertz CT molecular complexity index is 1170. The van der Waals surface area contributed by atoms with Crippen LogP contribution in [0.5, 0.6) is 0 Å². The van der Waals surface area contributed by atoms with Gasteiger partial charge in [-0.1, -0.05) is 0 Å². The summed E-state index contributed by atoms with van der Waals surface area (Å²) >= 11 is 0. The number of piperazine rings is 1. The Kier molecular flexibility index (Phi) is 5.55. The van der Waals surface area contributed by atoms with Crippen LogP contribution in [0.1, 0.15) is 12.8 Å². The predicted octanol–water partition coefficient (Wildman–Crippen LogP) is 2.56. The van der Waals surface area contributed by atoms with Gasteiger partial charge in [0.05, 0.1) is 30.4 Å². The largest absolute Gasteiger partial charge is 0.453 e. The number of nitrogens with one attached hydrogen (secondary N) is 3. The van der Waals surface area contributed by atoms with Gasteiger partial charge in [0, 0.05) is 44.0 Å². The molecule has 0 unspecified atom stereocenters. The van der Waals surface area contributed by atoms with Crippen LogP contribution in [0.3, 0.4) is 0 Å². The second-order valence-electron chi connectivity index (χ2n) is 8.54. The van der Waals surface area contributed by atoms with Crippen molar-refractivity contribution in [1.29, 1.82) is 0 Å². The molecule has 0 atom stereocenters. The molecule has 2 fully saturated rings. The van der Waals surface area contributed by atoms with Crippen LogP contribution in [-0.2, 0) is 4.74 Å². The molecule has 1 aromatic carbocycles. The number of methoxy groups -OCH3 is 1. The molecule has 2 aliphatic rings. The zero-order chi connectivity index (χ0) is 22.9. The van der Waals surface area contributed by atoms with Gasteiger partial charge in [0.2, 0.25) is 0 Å². The van der Waals surface area contributed by atoms with Gasteiger partial charge in [-0.15, -0.1) is 5.10 Å². The van der Waals surface area contributed by atoms with Crippen LogP contribution in [-0.4, -0.2) is 72.0 Å². The van der Waals surface area contributed by atoms with Crippen molar-refractivity contribution >= 4 is 46.1 Å². The SMILES string of the molecule is COC(=O)Nc1ccc(N2CCN(C)CC2)c(Nc2cc(NC3CC3)c3ncc(N)n3n2)c1. The van der Waals surface area contributed by atoms with Gasteiger partial charge in [0.1, 0.15) is 5.82 Å². The molecule has 2 aromatic heterocycles. The van der Waals surface area contributed by atoms with Crippen molar-refractivity contribution in [2.24, 2.45) is 0 Å². The van der Waals surface area contributed by atoms with E-state index in [1.165, 1.54) is 7.11 Å². The van der Waals surface area contributed by atoms with Gasteiger partial charge < -0.3 is 30.9 Å². The highest BCUT2D eigenvalue weighted by Crippen LogP contribution is 2.34.